The molecule has 2 heterocycles. The summed E-state index contributed by atoms with van der Waals surface area (Å²) >= 11 is 0. The van der Waals surface area contributed by atoms with E-state index in [-0.39, 0.29) is 5.56 Å². The van der Waals surface area contributed by atoms with Gasteiger partial charge >= 0.3 is 5.97 Å². The van der Waals surface area contributed by atoms with Gasteiger partial charge in [0.2, 0.25) is 0 Å². The Morgan fingerprint density at radius 1 is 1.29 bits per heavy atom. The second-order valence-electron chi connectivity index (χ2n) is 4.69. The van der Waals surface area contributed by atoms with Crippen LogP contribution in [0.1, 0.15) is 16.1 Å². The normalized spacial score (nSPS) is 10.8. The first-order valence-corrected chi connectivity index (χ1v) is 6.47. The van der Waals surface area contributed by atoms with Crippen LogP contribution in [0.5, 0.6) is 5.75 Å². The van der Waals surface area contributed by atoms with Gasteiger partial charge in [-0.3, -0.25) is 4.40 Å². The topological polar surface area (TPSA) is 63.8 Å². The van der Waals surface area contributed by atoms with E-state index in [1.165, 1.54) is 0 Å². The molecule has 0 atom stereocenters. The summed E-state index contributed by atoms with van der Waals surface area (Å²) in [5.74, 6) is -0.207. The van der Waals surface area contributed by atoms with Gasteiger partial charge in [-0.05, 0) is 31.2 Å². The van der Waals surface area contributed by atoms with Gasteiger partial charge in [0.1, 0.15) is 11.4 Å². The summed E-state index contributed by atoms with van der Waals surface area (Å²) in [6.45, 7) is 1.90. The van der Waals surface area contributed by atoms with E-state index >= 15 is 0 Å². The number of para-hydroxylation sites is 1. The standard InChI is InChI=1S/C16H14N2O3/c1-10-15(12-5-3-4-6-13(12)21-2)18-8-7-11(16(19)20)9-14(18)17-10/h3-9H,1-2H3,(H,19,20). The Kier molecular flexibility index (Phi) is 3.10. The number of carbonyl (C=O) groups is 1. The zero-order valence-electron chi connectivity index (χ0n) is 11.7. The Labute approximate surface area is 121 Å². The summed E-state index contributed by atoms with van der Waals surface area (Å²) < 4.78 is 7.27. The number of nitrogens with zero attached hydrogens (tertiary/aromatic N) is 2. The van der Waals surface area contributed by atoms with Crippen molar-refractivity contribution in [2.75, 3.05) is 7.11 Å². The Morgan fingerprint density at radius 2 is 2.05 bits per heavy atom. The predicted molar refractivity (Wildman–Crippen MR) is 78.9 cm³/mol. The maximum atomic E-state index is 11.0. The number of hydrogen-bond donors (Lipinski definition) is 1. The minimum atomic E-state index is -0.961. The number of aryl methyl sites for hydroxylation is 1. The molecule has 21 heavy (non-hydrogen) atoms. The highest BCUT2D eigenvalue weighted by Crippen LogP contribution is 2.32. The summed E-state index contributed by atoms with van der Waals surface area (Å²) in [5, 5.41) is 9.06. The van der Waals surface area contributed by atoms with Gasteiger partial charge in [-0.2, -0.15) is 0 Å². The van der Waals surface area contributed by atoms with Crippen molar-refractivity contribution in [1.82, 2.24) is 9.38 Å². The lowest BCUT2D eigenvalue weighted by Crippen LogP contribution is -1.98. The van der Waals surface area contributed by atoms with E-state index < -0.39 is 5.97 Å². The first kappa shape index (κ1) is 13.2. The quantitative estimate of drug-likeness (QED) is 0.802. The lowest BCUT2D eigenvalue weighted by Gasteiger charge is -2.09. The predicted octanol–water partition coefficient (Wildman–Crippen LogP) is 3.02. The van der Waals surface area contributed by atoms with E-state index in [0.29, 0.717) is 5.65 Å². The average Bonchev–Trinajstić information content (AvgIpc) is 2.81. The van der Waals surface area contributed by atoms with Crippen molar-refractivity contribution in [2.24, 2.45) is 0 Å². The summed E-state index contributed by atoms with van der Waals surface area (Å²) in [4.78, 5) is 15.5. The van der Waals surface area contributed by atoms with E-state index in [9.17, 15) is 4.79 Å². The van der Waals surface area contributed by atoms with Gasteiger partial charge in [0.05, 0.1) is 24.1 Å². The Hall–Kier alpha value is -2.82. The van der Waals surface area contributed by atoms with Gasteiger partial charge in [0.15, 0.2) is 0 Å². The molecule has 0 aliphatic carbocycles. The van der Waals surface area contributed by atoms with Crippen molar-refractivity contribution in [1.29, 1.82) is 0 Å². The van der Waals surface area contributed by atoms with Crippen LogP contribution in [0.2, 0.25) is 0 Å². The smallest absolute Gasteiger partial charge is 0.335 e. The van der Waals surface area contributed by atoms with Gasteiger partial charge in [-0.1, -0.05) is 12.1 Å². The minimum Gasteiger partial charge on any atom is -0.496 e. The number of rotatable bonds is 3. The number of hydrogen-bond acceptors (Lipinski definition) is 3. The van der Waals surface area contributed by atoms with Crippen molar-refractivity contribution in [3.8, 4) is 17.0 Å². The number of fused-ring (bicyclic) bond motifs is 1. The van der Waals surface area contributed by atoms with Crippen molar-refractivity contribution in [2.45, 2.75) is 6.92 Å². The van der Waals surface area contributed by atoms with E-state index in [4.69, 9.17) is 9.84 Å². The number of carboxylic acids is 1. The molecule has 5 nitrogen and oxygen atoms in total. The van der Waals surface area contributed by atoms with E-state index in [1.807, 2.05) is 35.6 Å². The molecule has 0 fully saturated rings. The van der Waals surface area contributed by atoms with Crippen LogP contribution in [0.25, 0.3) is 16.9 Å². The highest BCUT2D eigenvalue weighted by atomic mass is 16.5. The molecule has 3 aromatic rings. The monoisotopic (exact) mass is 282 g/mol. The molecular weight excluding hydrogens is 268 g/mol. The van der Waals surface area contributed by atoms with Crippen LogP contribution < -0.4 is 4.74 Å². The van der Waals surface area contributed by atoms with Crippen molar-refractivity contribution in [3.63, 3.8) is 0 Å². The number of pyridine rings is 1. The van der Waals surface area contributed by atoms with E-state index in [0.717, 1.165) is 22.7 Å². The zero-order chi connectivity index (χ0) is 15.0. The number of benzene rings is 1. The van der Waals surface area contributed by atoms with Crippen LogP contribution in [-0.4, -0.2) is 27.6 Å². The largest absolute Gasteiger partial charge is 0.496 e. The molecular formula is C16H14N2O3. The highest BCUT2D eigenvalue weighted by molar-refractivity contribution is 5.89. The molecule has 0 amide bonds. The Bertz CT molecular complexity index is 837. The fourth-order valence-electron chi connectivity index (χ4n) is 2.46. The SMILES string of the molecule is COc1ccccc1-c1c(C)nc2cc(C(=O)O)ccn12. The lowest BCUT2D eigenvalue weighted by atomic mass is 10.1. The number of aromatic carboxylic acids is 1. The van der Waals surface area contributed by atoms with Crippen LogP contribution in [0, 0.1) is 6.92 Å². The number of aromatic nitrogens is 2. The van der Waals surface area contributed by atoms with Crippen LogP contribution in [-0.2, 0) is 0 Å². The fraction of sp³-hybridized carbons (Fsp3) is 0.125. The number of ether oxygens (including phenoxy) is 1. The Morgan fingerprint density at radius 3 is 2.76 bits per heavy atom. The van der Waals surface area contributed by atoms with E-state index in [2.05, 4.69) is 4.98 Å². The van der Waals surface area contributed by atoms with Crippen molar-refractivity contribution < 1.29 is 14.6 Å². The molecule has 0 unspecified atom stereocenters. The number of carboxylic acid groups (broad SMARTS) is 1. The van der Waals surface area contributed by atoms with Crippen molar-refractivity contribution in [3.05, 3.63) is 53.9 Å². The van der Waals surface area contributed by atoms with Crippen LogP contribution in [0.4, 0.5) is 0 Å². The van der Waals surface area contributed by atoms with Gasteiger partial charge in [-0.25, -0.2) is 9.78 Å². The van der Waals surface area contributed by atoms with Crippen molar-refractivity contribution >= 4 is 11.6 Å². The zero-order valence-corrected chi connectivity index (χ0v) is 11.7. The molecule has 0 aliphatic heterocycles. The first-order chi connectivity index (χ1) is 10.1. The van der Waals surface area contributed by atoms with Crippen LogP contribution in [0.3, 0.4) is 0 Å². The molecule has 5 heteroatoms. The molecule has 0 aliphatic rings. The number of imidazole rings is 1. The molecule has 2 aromatic heterocycles. The molecule has 0 bridgehead atoms. The second-order valence-corrected chi connectivity index (χ2v) is 4.69. The lowest BCUT2D eigenvalue weighted by molar-refractivity contribution is 0.0697. The highest BCUT2D eigenvalue weighted by Gasteiger charge is 2.15. The second kappa shape index (κ2) is 4.94. The molecule has 0 radical (unpaired) electrons. The molecule has 1 N–H and O–H groups in total. The van der Waals surface area contributed by atoms with Gasteiger partial charge in [0.25, 0.3) is 0 Å². The van der Waals surface area contributed by atoms with Crippen LogP contribution >= 0.6 is 0 Å². The minimum absolute atomic E-state index is 0.221. The fourth-order valence-corrected chi connectivity index (χ4v) is 2.46. The number of methoxy groups -OCH3 is 1. The summed E-state index contributed by atoms with van der Waals surface area (Å²) in [6, 6.07) is 10.8. The average molecular weight is 282 g/mol. The maximum Gasteiger partial charge on any atom is 0.335 e. The molecule has 106 valence electrons. The van der Waals surface area contributed by atoms with E-state index in [1.54, 1.807) is 25.4 Å². The molecule has 0 spiro atoms. The third kappa shape index (κ3) is 2.12. The summed E-state index contributed by atoms with van der Waals surface area (Å²) in [7, 11) is 1.62. The summed E-state index contributed by atoms with van der Waals surface area (Å²) in [6.07, 6.45) is 1.72. The van der Waals surface area contributed by atoms with Gasteiger partial charge in [0, 0.05) is 11.8 Å². The summed E-state index contributed by atoms with van der Waals surface area (Å²) in [5.41, 5.74) is 3.47. The molecule has 0 saturated heterocycles. The van der Waals surface area contributed by atoms with Crippen LogP contribution in [0.15, 0.2) is 42.6 Å². The molecule has 0 saturated carbocycles. The molecule has 3 rings (SSSR count). The maximum absolute atomic E-state index is 11.0. The molecule has 1 aromatic carbocycles. The third-order valence-electron chi connectivity index (χ3n) is 3.41. The first-order valence-electron chi connectivity index (χ1n) is 6.47. The van der Waals surface area contributed by atoms with Gasteiger partial charge in [-0.15, -0.1) is 0 Å². The Balaban J connectivity index is 2.28. The van der Waals surface area contributed by atoms with Gasteiger partial charge < -0.3 is 9.84 Å². The third-order valence-corrected chi connectivity index (χ3v) is 3.41.